The Morgan fingerprint density at radius 1 is 0.929 bits per heavy atom. The number of carbonyl (C=O) groups is 2. The van der Waals surface area contributed by atoms with Crippen LogP contribution in [0.2, 0.25) is 0 Å². The topological polar surface area (TPSA) is 83.4 Å². The average Bonchev–Trinajstić information content (AvgIpc) is 3.40. The molecule has 0 aromatic heterocycles. The van der Waals surface area contributed by atoms with E-state index >= 15 is 0 Å². The second-order valence-electron chi connectivity index (χ2n) is 7.33. The number of carbonyl (C=O) groups excluding carboxylic acids is 2. The van der Waals surface area contributed by atoms with Gasteiger partial charge in [-0.1, -0.05) is 32.0 Å². The minimum Gasteiger partial charge on any atom is -0.469 e. The molecule has 7 heteroatoms. The molecule has 0 N–H and O–H groups in total. The quantitative estimate of drug-likeness (QED) is 0.667. The summed E-state index contributed by atoms with van der Waals surface area (Å²) in [5, 5.41) is 0. The van der Waals surface area contributed by atoms with Crippen molar-refractivity contribution in [1.82, 2.24) is 0 Å². The number of nitrogens with zero attached hydrogens (tertiary/aromatic N) is 1. The van der Waals surface area contributed by atoms with E-state index in [9.17, 15) is 9.59 Å². The van der Waals surface area contributed by atoms with Crippen LogP contribution in [0, 0.1) is 11.8 Å². The monoisotopic (exact) mass is 387 g/mol. The average molecular weight is 387 g/mol. The second kappa shape index (κ2) is 7.91. The highest BCUT2D eigenvalue weighted by Crippen LogP contribution is 2.49. The van der Waals surface area contributed by atoms with E-state index in [0.717, 1.165) is 5.56 Å². The number of ether oxygens (including phenoxy) is 4. The number of fused-ring (bicyclic) bond motifs is 5. The van der Waals surface area contributed by atoms with Crippen molar-refractivity contribution < 1.29 is 28.5 Å². The first kappa shape index (κ1) is 18.9. The van der Waals surface area contributed by atoms with Crippen LogP contribution in [0.25, 0.3) is 0 Å². The third kappa shape index (κ3) is 3.17. The lowest BCUT2D eigenvalue weighted by Gasteiger charge is -2.30. The van der Waals surface area contributed by atoms with Crippen LogP contribution >= 0.6 is 0 Å². The Hall–Kier alpha value is -2.41. The molecule has 7 nitrogen and oxygen atoms in total. The normalized spacial score (nSPS) is 32.4. The molecule has 0 saturated carbocycles. The fraction of sp³-hybridized carbons (Fsp3) is 0.571. The fourth-order valence-corrected chi connectivity index (χ4v) is 4.18. The number of hydrogen-bond acceptors (Lipinski definition) is 7. The van der Waals surface area contributed by atoms with Crippen molar-refractivity contribution in [2.24, 2.45) is 16.8 Å². The molecule has 4 rings (SSSR count). The van der Waals surface area contributed by atoms with Gasteiger partial charge in [0.25, 0.3) is 0 Å². The van der Waals surface area contributed by atoms with Crippen LogP contribution < -0.4 is 0 Å². The lowest BCUT2D eigenvalue weighted by Crippen LogP contribution is -2.51. The Morgan fingerprint density at radius 3 is 2.14 bits per heavy atom. The lowest BCUT2D eigenvalue weighted by molar-refractivity contribution is -0.162. The summed E-state index contributed by atoms with van der Waals surface area (Å²) in [4.78, 5) is 30.1. The van der Waals surface area contributed by atoms with Crippen molar-refractivity contribution in [1.29, 1.82) is 0 Å². The van der Waals surface area contributed by atoms with Gasteiger partial charge in [-0.05, 0) is 25.0 Å². The minimum atomic E-state index is -0.729. The van der Waals surface area contributed by atoms with Gasteiger partial charge in [0.2, 0.25) is 5.90 Å². The Bertz CT molecular complexity index is 763. The zero-order valence-corrected chi connectivity index (χ0v) is 16.1. The van der Waals surface area contributed by atoms with Gasteiger partial charge >= 0.3 is 11.9 Å². The Balaban J connectivity index is 1.59. The largest absolute Gasteiger partial charge is 0.469 e. The molecule has 0 unspecified atom stereocenters. The molecule has 2 bridgehead atoms. The maximum atomic E-state index is 12.7. The molecule has 3 heterocycles. The molecule has 3 aliphatic rings. The maximum Gasteiger partial charge on any atom is 0.312 e. The van der Waals surface area contributed by atoms with E-state index in [2.05, 4.69) is 4.99 Å². The first-order valence-electron chi connectivity index (χ1n) is 9.94. The van der Waals surface area contributed by atoms with Crippen molar-refractivity contribution in [3.8, 4) is 0 Å². The highest BCUT2D eigenvalue weighted by atomic mass is 16.6. The number of esters is 2. The van der Waals surface area contributed by atoms with Gasteiger partial charge in [0, 0.05) is 5.56 Å². The molecule has 2 saturated heterocycles. The number of rotatable bonds is 7. The van der Waals surface area contributed by atoms with Crippen molar-refractivity contribution >= 4 is 17.8 Å². The van der Waals surface area contributed by atoms with Crippen LogP contribution in [0.15, 0.2) is 35.3 Å². The SMILES string of the molecule is CCCOC(=O)[C@H]1[C@@H]2O[C@@H]([C@H]3N=C(c4ccccc4)O[C@H]32)[C@@H]1C(=O)OCCC. The first-order chi connectivity index (χ1) is 13.7. The number of aliphatic imine (C=N–C) groups is 1. The van der Waals surface area contributed by atoms with Gasteiger partial charge in [-0.3, -0.25) is 9.59 Å². The van der Waals surface area contributed by atoms with Gasteiger partial charge in [-0.2, -0.15) is 0 Å². The molecule has 1 aromatic rings. The summed E-state index contributed by atoms with van der Waals surface area (Å²) in [6.45, 7) is 4.47. The first-order valence-corrected chi connectivity index (χ1v) is 9.94. The summed E-state index contributed by atoms with van der Waals surface area (Å²) in [6.07, 6.45) is -0.0794. The van der Waals surface area contributed by atoms with E-state index < -0.39 is 42.1 Å². The summed E-state index contributed by atoms with van der Waals surface area (Å²) in [5.74, 6) is -1.77. The second-order valence-corrected chi connectivity index (χ2v) is 7.33. The van der Waals surface area contributed by atoms with E-state index in [4.69, 9.17) is 18.9 Å². The van der Waals surface area contributed by atoms with E-state index in [-0.39, 0.29) is 6.04 Å². The summed E-state index contributed by atoms with van der Waals surface area (Å²) in [6, 6.07) is 9.26. The fourth-order valence-electron chi connectivity index (χ4n) is 4.18. The third-order valence-corrected chi connectivity index (χ3v) is 5.38. The Labute approximate surface area is 164 Å². The molecule has 150 valence electrons. The van der Waals surface area contributed by atoms with Crippen molar-refractivity contribution in [3.63, 3.8) is 0 Å². The van der Waals surface area contributed by atoms with Crippen LogP contribution in [0.1, 0.15) is 32.3 Å². The molecule has 2 fully saturated rings. The van der Waals surface area contributed by atoms with Gasteiger partial charge in [0.1, 0.15) is 24.0 Å². The van der Waals surface area contributed by atoms with E-state index in [0.29, 0.717) is 32.0 Å². The highest BCUT2D eigenvalue weighted by Gasteiger charge is 2.68. The zero-order valence-electron chi connectivity index (χ0n) is 16.1. The summed E-state index contributed by atoms with van der Waals surface area (Å²) >= 11 is 0. The molecule has 6 atom stereocenters. The zero-order chi connectivity index (χ0) is 19.7. The van der Waals surface area contributed by atoms with Crippen LogP contribution in [0.3, 0.4) is 0 Å². The minimum absolute atomic E-state index is 0.310. The molecule has 0 radical (unpaired) electrons. The molecule has 0 spiro atoms. The molecular formula is C21H25NO6. The van der Waals surface area contributed by atoms with Crippen LogP contribution in [0.5, 0.6) is 0 Å². The lowest BCUT2D eigenvalue weighted by atomic mass is 9.75. The summed E-state index contributed by atoms with van der Waals surface area (Å²) in [7, 11) is 0. The number of hydrogen-bond donors (Lipinski definition) is 0. The van der Waals surface area contributed by atoms with Gasteiger partial charge in [-0.25, -0.2) is 4.99 Å². The Morgan fingerprint density at radius 2 is 1.54 bits per heavy atom. The summed E-state index contributed by atoms with van der Waals surface area (Å²) in [5.41, 5.74) is 0.867. The molecule has 28 heavy (non-hydrogen) atoms. The molecule has 0 aliphatic carbocycles. The van der Waals surface area contributed by atoms with Crippen molar-refractivity contribution in [2.45, 2.75) is 51.0 Å². The standard InChI is InChI=1S/C21H25NO6/c1-3-10-25-20(23)13-14(21(24)26-11-4-2)17-18-15(16(13)27-17)22-19(28-18)12-8-6-5-7-9-12/h5-9,13-18H,3-4,10-11H2,1-2H3/t13-,14-,15-,16-,17+,18-/m1/s1. The maximum absolute atomic E-state index is 12.7. The smallest absolute Gasteiger partial charge is 0.312 e. The van der Waals surface area contributed by atoms with Gasteiger partial charge in [-0.15, -0.1) is 0 Å². The van der Waals surface area contributed by atoms with Crippen LogP contribution in [0.4, 0.5) is 0 Å². The molecule has 1 aromatic carbocycles. The van der Waals surface area contributed by atoms with E-state index in [1.165, 1.54) is 0 Å². The summed E-state index contributed by atoms with van der Waals surface area (Å²) < 4.78 is 22.8. The number of benzene rings is 1. The van der Waals surface area contributed by atoms with Gasteiger partial charge in [0.05, 0.1) is 19.3 Å². The van der Waals surface area contributed by atoms with Gasteiger partial charge < -0.3 is 18.9 Å². The van der Waals surface area contributed by atoms with Gasteiger partial charge in [0.15, 0.2) is 6.10 Å². The molecular weight excluding hydrogens is 362 g/mol. The molecule has 3 aliphatic heterocycles. The van der Waals surface area contributed by atoms with Crippen LogP contribution in [-0.4, -0.2) is 55.4 Å². The van der Waals surface area contributed by atoms with E-state index in [1.807, 2.05) is 44.2 Å². The van der Waals surface area contributed by atoms with E-state index in [1.54, 1.807) is 0 Å². The third-order valence-electron chi connectivity index (χ3n) is 5.38. The molecule has 0 amide bonds. The van der Waals surface area contributed by atoms with Crippen molar-refractivity contribution in [3.05, 3.63) is 35.9 Å². The highest BCUT2D eigenvalue weighted by molar-refractivity contribution is 5.96. The Kier molecular flexibility index (Phi) is 5.35. The van der Waals surface area contributed by atoms with Crippen LogP contribution in [-0.2, 0) is 28.5 Å². The van der Waals surface area contributed by atoms with Crippen molar-refractivity contribution in [2.75, 3.05) is 13.2 Å². The predicted octanol–water partition coefficient (Wildman–Crippen LogP) is 2.12. The predicted molar refractivity (Wildman–Crippen MR) is 99.8 cm³/mol.